The van der Waals surface area contributed by atoms with Crippen LogP contribution in [0.2, 0.25) is 0 Å². The molecule has 1 saturated carbocycles. The zero-order chi connectivity index (χ0) is 10.5. The zero-order valence-corrected chi connectivity index (χ0v) is 9.04. The van der Waals surface area contributed by atoms with Crippen LogP contribution < -0.4 is 5.32 Å². The largest absolute Gasteiger partial charge is 0.311 e. The van der Waals surface area contributed by atoms with Crippen molar-refractivity contribution in [3.8, 4) is 0 Å². The monoisotopic (exact) mass is 230 g/mol. The van der Waals surface area contributed by atoms with Gasteiger partial charge in [-0.05, 0) is 6.42 Å². The van der Waals surface area contributed by atoms with E-state index in [2.05, 4.69) is 10.3 Å². The highest BCUT2D eigenvalue weighted by Gasteiger charge is 2.47. The molecule has 1 aliphatic carbocycles. The van der Waals surface area contributed by atoms with Crippen LogP contribution in [-0.4, -0.2) is 17.5 Å². The Labute approximate surface area is 90.7 Å². The van der Waals surface area contributed by atoms with Gasteiger partial charge in [-0.15, -0.1) is 11.3 Å². The van der Waals surface area contributed by atoms with Crippen LogP contribution in [0.5, 0.6) is 0 Å². The van der Waals surface area contributed by atoms with Crippen molar-refractivity contribution in [3.63, 3.8) is 0 Å². The number of fused-ring (bicyclic) bond motifs is 1. The van der Waals surface area contributed by atoms with Crippen molar-refractivity contribution in [2.75, 3.05) is 6.54 Å². The van der Waals surface area contributed by atoms with Crippen molar-refractivity contribution in [1.29, 1.82) is 0 Å². The highest BCUT2D eigenvalue weighted by molar-refractivity contribution is 7.11. The first-order chi connectivity index (χ1) is 7.14. The molecule has 5 heteroatoms. The molecule has 0 unspecified atom stereocenters. The summed E-state index contributed by atoms with van der Waals surface area (Å²) >= 11 is 1.64. The summed E-state index contributed by atoms with van der Waals surface area (Å²) in [5.41, 5.74) is 1.08. The molecule has 1 aromatic heterocycles. The van der Waals surface area contributed by atoms with Crippen molar-refractivity contribution in [1.82, 2.24) is 10.3 Å². The second-order valence-corrected chi connectivity index (χ2v) is 5.43. The van der Waals surface area contributed by atoms with Gasteiger partial charge in [-0.25, -0.2) is 13.8 Å². The SMILES string of the molecule is FC1(F)CC(c2nc3c(s2)CCNC3)C1. The average Bonchev–Trinajstić information content (AvgIpc) is 2.56. The van der Waals surface area contributed by atoms with Crippen LogP contribution in [-0.2, 0) is 13.0 Å². The molecular formula is C10H12F2N2S. The topological polar surface area (TPSA) is 24.9 Å². The lowest BCUT2D eigenvalue weighted by Crippen LogP contribution is -2.33. The third-order valence-corrected chi connectivity index (χ3v) is 4.38. The first-order valence-corrected chi connectivity index (χ1v) is 6.03. The average molecular weight is 230 g/mol. The number of thiazole rings is 1. The predicted octanol–water partition coefficient (Wildman–Crippen LogP) is 2.30. The molecule has 3 rings (SSSR count). The predicted molar refractivity (Wildman–Crippen MR) is 54.4 cm³/mol. The van der Waals surface area contributed by atoms with Crippen LogP contribution in [0.3, 0.4) is 0 Å². The number of alkyl halides is 2. The highest BCUT2D eigenvalue weighted by atomic mass is 32.1. The quantitative estimate of drug-likeness (QED) is 0.800. The number of hydrogen-bond acceptors (Lipinski definition) is 3. The van der Waals surface area contributed by atoms with Crippen LogP contribution in [0, 0.1) is 0 Å². The third-order valence-electron chi connectivity index (χ3n) is 3.06. The third kappa shape index (κ3) is 1.67. The van der Waals surface area contributed by atoms with E-state index >= 15 is 0 Å². The lowest BCUT2D eigenvalue weighted by atomic mass is 9.82. The maximum Gasteiger partial charge on any atom is 0.249 e. The maximum absolute atomic E-state index is 12.7. The summed E-state index contributed by atoms with van der Waals surface area (Å²) in [6.07, 6.45) is 0.982. The number of aromatic nitrogens is 1. The Balaban J connectivity index is 1.79. The zero-order valence-electron chi connectivity index (χ0n) is 8.22. The molecule has 0 atom stereocenters. The number of nitrogens with zero attached hydrogens (tertiary/aromatic N) is 1. The second-order valence-electron chi connectivity index (χ2n) is 4.31. The van der Waals surface area contributed by atoms with Gasteiger partial charge in [-0.2, -0.15) is 0 Å². The second kappa shape index (κ2) is 3.22. The molecule has 0 aromatic carbocycles. The van der Waals surface area contributed by atoms with Gasteiger partial charge >= 0.3 is 0 Å². The normalized spacial score (nSPS) is 24.7. The summed E-state index contributed by atoms with van der Waals surface area (Å²) in [4.78, 5) is 5.75. The van der Waals surface area contributed by atoms with Crippen LogP contribution in [0.25, 0.3) is 0 Å². The first-order valence-electron chi connectivity index (χ1n) is 5.21. The Morgan fingerprint density at radius 3 is 2.87 bits per heavy atom. The van der Waals surface area contributed by atoms with Gasteiger partial charge in [-0.3, -0.25) is 0 Å². The summed E-state index contributed by atoms with van der Waals surface area (Å²) in [5.74, 6) is -2.43. The Morgan fingerprint density at radius 1 is 1.40 bits per heavy atom. The Hall–Kier alpha value is -0.550. The van der Waals surface area contributed by atoms with Crippen LogP contribution in [0.4, 0.5) is 8.78 Å². The Morgan fingerprint density at radius 2 is 2.20 bits per heavy atom. The van der Waals surface area contributed by atoms with Gasteiger partial charge in [0.1, 0.15) is 0 Å². The minimum Gasteiger partial charge on any atom is -0.311 e. The Bertz CT molecular complexity index is 357. The highest BCUT2D eigenvalue weighted by Crippen LogP contribution is 2.49. The van der Waals surface area contributed by atoms with E-state index in [0.29, 0.717) is 0 Å². The standard InChI is InChI=1S/C10H12F2N2S/c11-10(12)3-6(4-10)9-14-7-5-13-2-1-8(7)15-9/h6,13H,1-5H2. The maximum atomic E-state index is 12.7. The van der Waals surface area contributed by atoms with E-state index in [1.807, 2.05) is 0 Å². The van der Waals surface area contributed by atoms with Gasteiger partial charge in [0.25, 0.3) is 0 Å². The van der Waals surface area contributed by atoms with Gasteiger partial charge in [0.15, 0.2) is 0 Å². The molecule has 82 valence electrons. The summed E-state index contributed by atoms with van der Waals surface area (Å²) in [5, 5.41) is 4.17. The molecule has 2 heterocycles. The number of nitrogens with one attached hydrogen (secondary N) is 1. The fraction of sp³-hybridized carbons (Fsp3) is 0.700. The van der Waals surface area contributed by atoms with Gasteiger partial charge < -0.3 is 5.32 Å². The molecule has 2 aliphatic rings. The van der Waals surface area contributed by atoms with Crippen LogP contribution in [0.1, 0.15) is 34.3 Å². The van der Waals surface area contributed by atoms with Gasteiger partial charge in [0.05, 0.1) is 10.7 Å². The fourth-order valence-corrected chi connectivity index (χ4v) is 3.34. The summed E-state index contributed by atoms with van der Waals surface area (Å²) in [6, 6.07) is 0. The number of rotatable bonds is 1. The van der Waals surface area contributed by atoms with Crippen LogP contribution >= 0.6 is 11.3 Å². The molecule has 2 nitrogen and oxygen atoms in total. The summed E-state index contributed by atoms with van der Waals surface area (Å²) in [7, 11) is 0. The molecule has 0 saturated heterocycles. The van der Waals surface area contributed by atoms with Gasteiger partial charge in [0, 0.05) is 36.7 Å². The minimum atomic E-state index is -2.44. The van der Waals surface area contributed by atoms with E-state index in [1.165, 1.54) is 4.88 Å². The van der Waals surface area contributed by atoms with Crippen molar-refractivity contribution in [2.45, 2.75) is 37.6 Å². The van der Waals surface area contributed by atoms with E-state index in [0.717, 1.165) is 30.2 Å². The van der Waals surface area contributed by atoms with Gasteiger partial charge in [-0.1, -0.05) is 0 Å². The molecule has 1 aliphatic heterocycles. The van der Waals surface area contributed by atoms with Gasteiger partial charge in [0.2, 0.25) is 5.92 Å². The fourth-order valence-electron chi connectivity index (χ4n) is 2.16. The van der Waals surface area contributed by atoms with E-state index in [1.54, 1.807) is 11.3 Å². The summed E-state index contributed by atoms with van der Waals surface area (Å²) in [6.45, 7) is 1.78. The molecule has 0 radical (unpaired) electrons. The van der Waals surface area contributed by atoms with Crippen molar-refractivity contribution in [2.24, 2.45) is 0 Å². The minimum absolute atomic E-state index is 0.00712. The van der Waals surface area contributed by atoms with E-state index in [9.17, 15) is 8.78 Å². The molecule has 1 N–H and O–H groups in total. The molecular weight excluding hydrogens is 218 g/mol. The number of halogens is 2. The lowest BCUT2D eigenvalue weighted by Gasteiger charge is -2.33. The molecule has 0 bridgehead atoms. The first kappa shape index (κ1) is 9.66. The molecule has 1 aromatic rings. The molecule has 15 heavy (non-hydrogen) atoms. The van der Waals surface area contributed by atoms with Crippen molar-refractivity contribution in [3.05, 3.63) is 15.6 Å². The molecule has 0 spiro atoms. The lowest BCUT2D eigenvalue weighted by molar-refractivity contribution is -0.0867. The van der Waals surface area contributed by atoms with Crippen molar-refractivity contribution >= 4 is 11.3 Å². The molecule has 0 amide bonds. The van der Waals surface area contributed by atoms with E-state index < -0.39 is 5.92 Å². The number of hydrogen-bond donors (Lipinski definition) is 1. The summed E-state index contributed by atoms with van der Waals surface area (Å²) < 4.78 is 25.4. The van der Waals surface area contributed by atoms with Crippen LogP contribution in [0.15, 0.2) is 0 Å². The van der Waals surface area contributed by atoms with E-state index in [4.69, 9.17) is 0 Å². The van der Waals surface area contributed by atoms with Crippen molar-refractivity contribution < 1.29 is 8.78 Å². The van der Waals surface area contributed by atoms with E-state index in [-0.39, 0.29) is 18.8 Å². The Kier molecular flexibility index (Phi) is 2.07. The molecule has 1 fully saturated rings. The smallest absolute Gasteiger partial charge is 0.249 e.